The van der Waals surface area contributed by atoms with E-state index in [9.17, 15) is 8.42 Å². The van der Waals surface area contributed by atoms with Crippen LogP contribution in [0.2, 0.25) is 0 Å². The van der Waals surface area contributed by atoms with E-state index >= 15 is 0 Å². The monoisotopic (exact) mass is 579 g/mol. The Labute approximate surface area is 245 Å². The van der Waals surface area contributed by atoms with E-state index in [1.807, 2.05) is 42.5 Å². The second kappa shape index (κ2) is 13.9. The standard InChI is InChI=1S/C36H38NO2PS/c38-41(39,36-27-25-32(26-28-36)31-17-7-3-8-18-31)37-29-15-1-2-16-30-40(33-19-9-4-10-20-33,34-21-11-5-12-22-34)35-23-13-6-14-24-35/h3-14,17-28,37,40H,1-2,15-16,29-30H2. The number of rotatable bonds is 13. The molecule has 0 aliphatic carbocycles. The number of nitrogens with one attached hydrogen (secondary N) is 1. The van der Waals surface area contributed by atoms with E-state index in [2.05, 4.69) is 95.7 Å². The van der Waals surface area contributed by atoms with E-state index in [0.717, 1.165) is 43.0 Å². The van der Waals surface area contributed by atoms with Gasteiger partial charge in [-0.1, -0.05) is 30.3 Å². The van der Waals surface area contributed by atoms with Gasteiger partial charge in [0, 0.05) is 0 Å². The molecule has 0 amide bonds. The summed E-state index contributed by atoms with van der Waals surface area (Å²) in [7, 11) is -5.73. The van der Waals surface area contributed by atoms with Crippen molar-refractivity contribution in [2.45, 2.75) is 30.6 Å². The molecule has 210 valence electrons. The third kappa shape index (κ3) is 7.02. The number of hydrogen-bond acceptors (Lipinski definition) is 2. The molecule has 0 saturated heterocycles. The molecule has 0 spiro atoms. The Morgan fingerprint density at radius 3 is 1.37 bits per heavy atom. The first kappa shape index (κ1) is 29.0. The van der Waals surface area contributed by atoms with Gasteiger partial charge < -0.3 is 0 Å². The van der Waals surface area contributed by atoms with E-state index in [0.29, 0.717) is 11.4 Å². The van der Waals surface area contributed by atoms with Crippen LogP contribution < -0.4 is 20.6 Å². The summed E-state index contributed by atoms with van der Waals surface area (Å²) in [5.41, 5.74) is 2.08. The molecule has 0 fully saturated rings. The van der Waals surface area contributed by atoms with Crippen LogP contribution in [0.25, 0.3) is 11.1 Å². The predicted molar refractivity (Wildman–Crippen MR) is 177 cm³/mol. The SMILES string of the molecule is O=S(=O)(NCCCCCC[PH](c1ccccc1)(c1ccccc1)c1ccccc1)c1ccc(-c2ccccc2)cc1. The van der Waals surface area contributed by atoms with Crippen molar-refractivity contribution in [1.82, 2.24) is 4.72 Å². The first-order chi connectivity index (χ1) is 20.1. The Balaban J connectivity index is 1.19. The van der Waals surface area contributed by atoms with Crippen LogP contribution in [0.15, 0.2) is 150 Å². The molecular weight excluding hydrogens is 541 g/mol. The summed E-state index contributed by atoms with van der Waals surface area (Å²) in [5.74, 6) is 0. The topological polar surface area (TPSA) is 46.2 Å². The summed E-state index contributed by atoms with van der Waals surface area (Å²) in [6.07, 6.45) is 5.08. The average Bonchev–Trinajstić information content (AvgIpc) is 3.04. The fourth-order valence-corrected chi connectivity index (χ4v) is 11.7. The van der Waals surface area contributed by atoms with Crippen LogP contribution in [-0.2, 0) is 10.0 Å². The van der Waals surface area contributed by atoms with Crippen molar-refractivity contribution in [3.05, 3.63) is 146 Å². The molecule has 0 saturated carbocycles. The number of benzene rings is 5. The summed E-state index contributed by atoms with van der Waals surface area (Å²) >= 11 is 0. The van der Waals surface area contributed by atoms with Gasteiger partial charge in [-0.3, -0.25) is 0 Å². The Hall–Kier alpha value is -3.56. The van der Waals surface area contributed by atoms with Gasteiger partial charge in [0.1, 0.15) is 0 Å². The zero-order chi connectivity index (χ0) is 28.4. The molecule has 0 radical (unpaired) electrons. The Morgan fingerprint density at radius 2 is 0.878 bits per heavy atom. The second-order valence-electron chi connectivity index (χ2n) is 10.5. The van der Waals surface area contributed by atoms with Crippen LogP contribution in [0.4, 0.5) is 0 Å². The summed E-state index contributed by atoms with van der Waals surface area (Å²) in [5, 5.41) is 4.30. The van der Waals surface area contributed by atoms with E-state index in [1.54, 1.807) is 12.1 Å². The third-order valence-corrected chi connectivity index (χ3v) is 14.4. The van der Waals surface area contributed by atoms with Crippen molar-refractivity contribution in [3.63, 3.8) is 0 Å². The van der Waals surface area contributed by atoms with Crippen LogP contribution >= 0.6 is 7.26 Å². The van der Waals surface area contributed by atoms with Gasteiger partial charge in [-0.05, 0) is 5.56 Å². The number of hydrogen-bond donors (Lipinski definition) is 1. The van der Waals surface area contributed by atoms with Crippen LogP contribution in [-0.4, -0.2) is 21.1 Å². The molecule has 5 aromatic rings. The minimum absolute atomic E-state index is 0.307. The van der Waals surface area contributed by atoms with E-state index in [1.165, 1.54) is 15.9 Å². The Bertz CT molecular complexity index is 1500. The molecule has 0 bridgehead atoms. The van der Waals surface area contributed by atoms with Crippen molar-refractivity contribution < 1.29 is 8.42 Å². The molecule has 0 atom stereocenters. The summed E-state index contributed by atoms with van der Waals surface area (Å²) < 4.78 is 28.5. The van der Waals surface area contributed by atoms with Gasteiger partial charge in [0.05, 0.1) is 0 Å². The second-order valence-corrected chi connectivity index (χ2v) is 16.3. The number of unbranched alkanes of at least 4 members (excludes halogenated alkanes) is 3. The van der Waals surface area contributed by atoms with Gasteiger partial charge in [0.2, 0.25) is 0 Å². The average molecular weight is 580 g/mol. The van der Waals surface area contributed by atoms with Gasteiger partial charge in [0.25, 0.3) is 0 Å². The molecule has 5 aromatic carbocycles. The Morgan fingerprint density at radius 1 is 0.463 bits per heavy atom. The fraction of sp³-hybridized carbons (Fsp3) is 0.167. The number of sulfonamides is 1. The van der Waals surface area contributed by atoms with Crippen LogP contribution in [0.5, 0.6) is 0 Å². The maximum absolute atomic E-state index is 12.9. The van der Waals surface area contributed by atoms with Crippen molar-refractivity contribution in [3.8, 4) is 11.1 Å². The van der Waals surface area contributed by atoms with Gasteiger partial charge >= 0.3 is 210 Å². The summed E-state index contributed by atoms with van der Waals surface area (Å²) in [6, 6.07) is 50.1. The van der Waals surface area contributed by atoms with E-state index in [4.69, 9.17) is 0 Å². The minimum atomic E-state index is -3.53. The molecule has 0 aromatic heterocycles. The van der Waals surface area contributed by atoms with Crippen molar-refractivity contribution in [1.29, 1.82) is 0 Å². The van der Waals surface area contributed by atoms with Crippen molar-refractivity contribution in [2.24, 2.45) is 0 Å². The van der Waals surface area contributed by atoms with Gasteiger partial charge in [0.15, 0.2) is 0 Å². The molecule has 3 nitrogen and oxygen atoms in total. The summed E-state index contributed by atoms with van der Waals surface area (Å²) in [4.78, 5) is 0.307. The Kier molecular flexibility index (Phi) is 9.80. The first-order valence-electron chi connectivity index (χ1n) is 14.4. The fourth-order valence-electron chi connectivity index (χ4n) is 5.72. The molecule has 5 heteroatoms. The molecule has 5 rings (SSSR count). The predicted octanol–water partition coefficient (Wildman–Crippen LogP) is 6.92. The molecule has 41 heavy (non-hydrogen) atoms. The van der Waals surface area contributed by atoms with Crippen molar-refractivity contribution in [2.75, 3.05) is 12.7 Å². The van der Waals surface area contributed by atoms with Crippen molar-refractivity contribution >= 4 is 33.2 Å². The van der Waals surface area contributed by atoms with Gasteiger partial charge in [-0.25, -0.2) is 0 Å². The molecule has 1 N–H and O–H groups in total. The molecular formula is C36H38NO2PS. The first-order valence-corrected chi connectivity index (χ1v) is 18.1. The van der Waals surface area contributed by atoms with Gasteiger partial charge in [-0.2, -0.15) is 0 Å². The zero-order valence-corrected chi connectivity index (χ0v) is 25.1. The van der Waals surface area contributed by atoms with Crippen LogP contribution in [0, 0.1) is 0 Å². The molecule has 0 aliphatic rings. The third-order valence-electron chi connectivity index (χ3n) is 7.84. The molecule has 0 unspecified atom stereocenters. The van der Waals surface area contributed by atoms with E-state index < -0.39 is 17.3 Å². The van der Waals surface area contributed by atoms with Crippen LogP contribution in [0.1, 0.15) is 25.7 Å². The maximum atomic E-state index is 12.9. The normalized spacial score (nSPS) is 12.2. The van der Waals surface area contributed by atoms with Gasteiger partial charge in [-0.15, -0.1) is 0 Å². The molecule has 0 aliphatic heterocycles. The zero-order valence-electron chi connectivity index (χ0n) is 23.3. The quantitative estimate of drug-likeness (QED) is 0.122. The summed E-state index contributed by atoms with van der Waals surface area (Å²) in [6.45, 7) is 0.446. The van der Waals surface area contributed by atoms with E-state index in [-0.39, 0.29) is 0 Å². The molecule has 0 heterocycles. The van der Waals surface area contributed by atoms with Crippen LogP contribution in [0.3, 0.4) is 0 Å².